The third-order valence-corrected chi connectivity index (χ3v) is 4.46. The Hall–Kier alpha value is -0.980. The summed E-state index contributed by atoms with van der Waals surface area (Å²) < 4.78 is 26.3. The van der Waals surface area contributed by atoms with E-state index in [0.29, 0.717) is 18.9 Å². The van der Waals surface area contributed by atoms with Crippen LogP contribution in [-0.2, 0) is 16.4 Å². The Balaban J connectivity index is 1.76. The molecule has 6 heteroatoms. The highest BCUT2D eigenvalue weighted by Gasteiger charge is 2.17. The molecule has 1 atom stereocenters. The number of nitrogens with zero attached hydrogens (tertiary/aromatic N) is 1. The van der Waals surface area contributed by atoms with Gasteiger partial charge in [0.05, 0.1) is 5.75 Å². The van der Waals surface area contributed by atoms with Gasteiger partial charge in [-0.15, -0.1) is 0 Å². The van der Waals surface area contributed by atoms with Gasteiger partial charge >= 0.3 is 0 Å². The fraction of sp³-hybridized carbons (Fsp3) is 0.583. The molecular weight excluding hydrogens is 250 g/mol. The number of rotatable bonds is 6. The molecule has 0 aromatic carbocycles. The second-order valence-electron chi connectivity index (χ2n) is 4.60. The van der Waals surface area contributed by atoms with E-state index in [-0.39, 0.29) is 5.75 Å². The Morgan fingerprint density at radius 1 is 1.44 bits per heavy atom. The van der Waals surface area contributed by atoms with Gasteiger partial charge in [-0.25, -0.2) is 13.1 Å². The SMILES string of the molecule is O=S(=O)(CCc1ccccn1)NCC1CCNC1. The highest BCUT2D eigenvalue weighted by Crippen LogP contribution is 2.06. The zero-order valence-electron chi connectivity index (χ0n) is 10.3. The number of hydrogen-bond donors (Lipinski definition) is 2. The minimum absolute atomic E-state index is 0.101. The van der Waals surface area contributed by atoms with Crippen LogP contribution in [0, 0.1) is 5.92 Å². The zero-order valence-corrected chi connectivity index (χ0v) is 11.1. The largest absolute Gasteiger partial charge is 0.316 e. The molecule has 1 aromatic heterocycles. The Labute approximate surface area is 108 Å². The number of nitrogens with one attached hydrogen (secondary N) is 2. The second kappa shape index (κ2) is 6.26. The fourth-order valence-corrected chi connectivity index (χ4v) is 3.10. The molecule has 2 heterocycles. The van der Waals surface area contributed by atoms with Crippen molar-refractivity contribution < 1.29 is 8.42 Å². The lowest BCUT2D eigenvalue weighted by Gasteiger charge is -2.10. The van der Waals surface area contributed by atoms with E-state index >= 15 is 0 Å². The van der Waals surface area contributed by atoms with Gasteiger partial charge in [0.2, 0.25) is 10.0 Å². The van der Waals surface area contributed by atoms with Crippen molar-refractivity contribution >= 4 is 10.0 Å². The fourth-order valence-electron chi connectivity index (χ4n) is 1.99. The summed E-state index contributed by atoms with van der Waals surface area (Å²) in [7, 11) is -3.19. The normalized spacial score (nSPS) is 20.1. The topological polar surface area (TPSA) is 71.1 Å². The number of aromatic nitrogens is 1. The molecule has 0 bridgehead atoms. The molecule has 18 heavy (non-hydrogen) atoms. The summed E-state index contributed by atoms with van der Waals surface area (Å²) in [4.78, 5) is 4.12. The number of hydrogen-bond acceptors (Lipinski definition) is 4. The van der Waals surface area contributed by atoms with Gasteiger partial charge in [-0.3, -0.25) is 4.98 Å². The first kappa shape index (κ1) is 13.5. The first-order chi connectivity index (χ1) is 8.66. The molecule has 0 spiro atoms. The molecule has 5 nitrogen and oxygen atoms in total. The summed E-state index contributed by atoms with van der Waals surface area (Å²) in [6.45, 7) is 2.43. The van der Waals surface area contributed by atoms with Crippen molar-refractivity contribution in [2.24, 2.45) is 5.92 Å². The maximum atomic E-state index is 11.8. The van der Waals surface area contributed by atoms with E-state index < -0.39 is 10.0 Å². The number of aryl methyl sites for hydroxylation is 1. The molecule has 0 amide bonds. The Morgan fingerprint density at radius 3 is 3.00 bits per heavy atom. The van der Waals surface area contributed by atoms with Gasteiger partial charge in [-0.05, 0) is 37.6 Å². The van der Waals surface area contributed by atoms with Crippen LogP contribution in [0.4, 0.5) is 0 Å². The van der Waals surface area contributed by atoms with Crippen molar-refractivity contribution in [3.8, 4) is 0 Å². The summed E-state index contributed by atoms with van der Waals surface area (Å²) in [6, 6.07) is 5.53. The lowest BCUT2D eigenvalue weighted by Crippen LogP contribution is -2.32. The third kappa shape index (κ3) is 4.36. The second-order valence-corrected chi connectivity index (χ2v) is 6.52. The molecule has 1 aliphatic heterocycles. The van der Waals surface area contributed by atoms with Crippen molar-refractivity contribution in [2.45, 2.75) is 12.8 Å². The van der Waals surface area contributed by atoms with Gasteiger partial charge in [0.25, 0.3) is 0 Å². The van der Waals surface area contributed by atoms with Gasteiger partial charge in [-0.2, -0.15) is 0 Å². The molecule has 0 radical (unpaired) electrons. The molecule has 1 unspecified atom stereocenters. The molecule has 1 aliphatic rings. The molecule has 0 aliphatic carbocycles. The van der Waals surface area contributed by atoms with Gasteiger partial charge in [0.1, 0.15) is 0 Å². The predicted molar refractivity (Wildman–Crippen MR) is 70.7 cm³/mol. The van der Waals surface area contributed by atoms with E-state index in [0.717, 1.165) is 25.2 Å². The molecule has 1 aromatic rings. The molecule has 2 N–H and O–H groups in total. The summed E-state index contributed by atoms with van der Waals surface area (Å²) in [5.41, 5.74) is 0.811. The van der Waals surface area contributed by atoms with Crippen LogP contribution >= 0.6 is 0 Å². The Bertz CT molecular complexity index is 455. The summed E-state index contributed by atoms with van der Waals surface area (Å²) in [5.74, 6) is 0.527. The average Bonchev–Trinajstić information content (AvgIpc) is 2.89. The molecule has 100 valence electrons. The molecular formula is C12H19N3O2S. The molecule has 1 fully saturated rings. The maximum Gasteiger partial charge on any atom is 0.211 e. The van der Waals surface area contributed by atoms with Gasteiger partial charge in [0.15, 0.2) is 0 Å². The van der Waals surface area contributed by atoms with Gasteiger partial charge < -0.3 is 5.32 Å². The minimum atomic E-state index is -3.19. The average molecular weight is 269 g/mol. The summed E-state index contributed by atoms with van der Waals surface area (Å²) in [6.07, 6.45) is 3.18. The van der Waals surface area contributed by atoms with Crippen LogP contribution in [0.3, 0.4) is 0 Å². The summed E-state index contributed by atoms with van der Waals surface area (Å²) in [5, 5.41) is 3.22. The van der Waals surface area contributed by atoms with E-state index in [9.17, 15) is 8.42 Å². The van der Waals surface area contributed by atoms with Crippen molar-refractivity contribution in [3.63, 3.8) is 0 Å². The van der Waals surface area contributed by atoms with Crippen LogP contribution in [0.5, 0.6) is 0 Å². The summed E-state index contributed by atoms with van der Waals surface area (Å²) >= 11 is 0. The van der Waals surface area contributed by atoms with Crippen LogP contribution < -0.4 is 10.0 Å². The van der Waals surface area contributed by atoms with E-state index in [1.807, 2.05) is 18.2 Å². The van der Waals surface area contributed by atoms with Crippen LogP contribution in [0.15, 0.2) is 24.4 Å². The highest BCUT2D eigenvalue weighted by atomic mass is 32.2. The van der Waals surface area contributed by atoms with Crippen molar-refractivity contribution in [3.05, 3.63) is 30.1 Å². The first-order valence-electron chi connectivity index (χ1n) is 6.24. The quantitative estimate of drug-likeness (QED) is 0.771. The smallest absolute Gasteiger partial charge is 0.211 e. The first-order valence-corrected chi connectivity index (χ1v) is 7.89. The van der Waals surface area contributed by atoms with Crippen LogP contribution in [0.25, 0.3) is 0 Å². The van der Waals surface area contributed by atoms with Crippen LogP contribution in [0.2, 0.25) is 0 Å². The molecule has 2 rings (SSSR count). The van der Waals surface area contributed by atoms with Crippen molar-refractivity contribution in [1.29, 1.82) is 0 Å². The molecule has 0 saturated carbocycles. The highest BCUT2D eigenvalue weighted by molar-refractivity contribution is 7.89. The predicted octanol–water partition coefficient (Wildman–Crippen LogP) is 0.153. The monoisotopic (exact) mass is 269 g/mol. The van der Waals surface area contributed by atoms with E-state index in [4.69, 9.17) is 0 Å². The zero-order chi connectivity index (χ0) is 12.8. The lowest BCUT2D eigenvalue weighted by molar-refractivity contribution is 0.538. The Kier molecular flexibility index (Phi) is 4.68. The van der Waals surface area contributed by atoms with Gasteiger partial charge in [-0.1, -0.05) is 6.07 Å². The van der Waals surface area contributed by atoms with E-state index in [1.54, 1.807) is 6.20 Å². The third-order valence-electron chi connectivity index (χ3n) is 3.11. The maximum absolute atomic E-state index is 11.8. The number of sulfonamides is 1. The van der Waals surface area contributed by atoms with E-state index in [2.05, 4.69) is 15.0 Å². The standard InChI is InChI=1S/C12H19N3O2S/c16-18(17,15-10-11-4-7-13-9-11)8-5-12-3-1-2-6-14-12/h1-3,6,11,13,15H,4-5,7-10H2. The lowest BCUT2D eigenvalue weighted by atomic mass is 10.1. The van der Waals surface area contributed by atoms with Crippen LogP contribution in [0.1, 0.15) is 12.1 Å². The van der Waals surface area contributed by atoms with Crippen molar-refractivity contribution in [2.75, 3.05) is 25.4 Å². The molecule has 1 saturated heterocycles. The number of pyridine rings is 1. The van der Waals surface area contributed by atoms with Crippen molar-refractivity contribution in [1.82, 2.24) is 15.0 Å². The van der Waals surface area contributed by atoms with Crippen LogP contribution in [-0.4, -0.2) is 38.8 Å². The minimum Gasteiger partial charge on any atom is -0.316 e. The van der Waals surface area contributed by atoms with Gasteiger partial charge in [0, 0.05) is 24.9 Å². The van der Waals surface area contributed by atoms with E-state index in [1.165, 1.54) is 0 Å². The Morgan fingerprint density at radius 2 is 2.33 bits per heavy atom.